The Hall–Kier alpha value is -4.59. The molecule has 0 aliphatic carbocycles. The summed E-state index contributed by atoms with van der Waals surface area (Å²) in [5.74, 6) is 0.977. The van der Waals surface area contributed by atoms with E-state index in [4.69, 9.17) is 5.73 Å². The Morgan fingerprint density at radius 2 is 1.89 bits per heavy atom. The van der Waals surface area contributed by atoms with Gasteiger partial charge in [-0.05, 0) is 53.9 Å². The molecule has 3 aromatic carbocycles. The lowest BCUT2D eigenvalue weighted by Gasteiger charge is -2.32. The fraction of sp³-hybridized carbons (Fsp3) is 0.179. The molecule has 36 heavy (non-hydrogen) atoms. The van der Waals surface area contributed by atoms with E-state index in [1.807, 2.05) is 30.3 Å². The standard InChI is InChI=1S/C28H25N7O/c1-15-4-7-19-25(24(15)16-5-9-21-17(10-16)13-30-27(29)35-21)31-14-32-26(19)33-18-6-8-20-22(11-18)34-23(36)12-28(20,2)3/h4-11,13-14H,12H2,1-3H3,(H,34,36)(H2,29,30,35)(H,31,32,33). The molecule has 3 heterocycles. The minimum absolute atomic E-state index is 0.0284. The zero-order chi connectivity index (χ0) is 25.0. The van der Waals surface area contributed by atoms with Crippen LogP contribution in [-0.4, -0.2) is 25.8 Å². The summed E-state index contributed by atoms with van der Waals surface area (Å²) in [6.07, 6.45) is 3.78. The van der Waals surface area contributed by atoms with Crippen LogP contribution in [0.3, 0.4) is 0 Å². The summed E-state index contributed by atoms with van der Waals surface area (Å²) in [6, 6.07) is 16.2. The number of aryl methyl sites for hydroxylation is 1. The zero-order valence-electron chi connectivity index (χ0n) is 20.3. The fourth-order valence-electron chi connectivity index (χ4n) is 5.04. The Labute approximate surface area is 208 Å². The lowest BCUT2D eigenvalue weighted by atomic mass is 9.78. The van der Waals surface area contributed by atoms with Crippen molar-refractivity contribution in [2.24, 2.45) is 0 Å². The van der Waals surface area contributed by atoms with Crippen molar-refractivity contribution in [3.05, 3.63) is 72.2 Å². The Morgan fingerprint density at radius 3 is 2.75 bits per heavy atom. The highest BCUT2D eigenvalue weighted by atomic mass is 16.1. The molecule has 6 rings (SSSR count). The first-order chi connectivity index (χ1) is 17.3. The molecule has 1 amide bonds. The number of carbonyl (C=O) groups excluding carboxylic acids is 1. The van der Waals surface area contributed by atoms with Gasteiger partial charge in [-0.15, -0.1) is 0 Å². The molecule has 2 aromatic heterocycles. The SMILES string of the molecule is Cc1ccc2c(Nc3ccc4c(c3)NC(=O)CC4(C)C)ncnc2c1-c1ccc2nc(N)ncc2c1. The Bertz CT molecular complexity index is 1690. The van der Waals surface area contributed by atoms with Crippen LogP contribution < -0.4 is 16.4 Å². The molecule has 0 fully saturated rings. The van der Waals surface area contributed by atoms with Crippen molar-refractivity contribution in [1.29, 1.82) is 0 Å². The van der Waals surface area contributed by atoms with Crippen LogP contribution in [0.25, 0.3) is 32.9 Å². The number of nitrogens with zero attached hydrogens (tertiary/aromatic N) is 4. The largest absolute Gasteiger partial charge is 0.368 e. The molecule has 0 unspecified atom stereocenters. The molecular formula is C28H25N7O. The number of hydrogen-bond donors (Lipinski definition) is 3. The van der Waals surface area contributed by atoms with Crippen LogP contribution in [0, 0.1) is 6.92 Å². The highest BCUT2D eigenvalue weighted by Crippen LogP contribution is 2.40. The van der Waals surface area contributed by atoms with Gasteiger partial charge < -0.3 is 16.4 Å². The number of benzene rings is 3. The molecular weight excluding hydrogens is 450 g/mol. The lowest BCUT2D eigenvalue weighted by Crippen LogP contribution is -2.32. The topological polar surface area (TPSA) is 119 Å². The Balaban J connectivity index is 1.43. The maximum atomic E-state index is 12.2. The predicted molar refractivity (Wildman–Crippen MR) is 143 cm³/mol. The number of nitrogens with two attached hydrogens (primary N) is 1. The average Bonchev–Trinajstić information content (AvgIpc) is 2.83. The van der Waals surface area contributed by atoms with Gasteiger partial charge in [0.25, 0.3) is 0 Å². The normalized spacial score (nSPS) is 14.5. The number of amides is 1. The second-order valence-corrected chi connectivity index (χ2v) is 9.87. The van der Waals surface area contributed by atoms with Crippen LogP contribution in [-0.2, 0) is 10.2 Å². The summed E-state index contributed by atoms with van der Waals surface area (Å²) in [5.41, 5.74) is 13.1. The lowest BCUT2D eigenvalue weighted by molar-refractivity contribution is -0.117. The first kappa shape index (κ1) is 21.9. The van der Waals surface area contributed by atoms with Crippen molar-refractivity contribution in [2.45, 2.75) is 32.6 Å². The van der Waals surface area contributed by atoms with Gasteiger partial charge in [-0.25, -0.2) is 19.9 Å². The average molecular weight is 476 g/mol. The van der Waals surface area contributed by atoms with E-state index in [0.717, 1.165) is 55.4 Å². The van der Waals surface area contributed by atoms with Gasteiger partial charge in [0, 0.05) is 45.7 Å². The van der Waals surface area contributed by atoms with Gasteiger partial charge >= 0.3 is 0 Å². The number of nitrogen functional groups attached to an aromatic ring is 1. The number of hydrogen-bond acceptors (Lipinski definition) is 7. The third kappa shape index (κ3) is 3.67. The second kappa shape index (κ2) is 7.98. The minimum Gasteiger partial charge on any atom is -0.368 e. The molecule has 8 heteroatoms. The van der Waals surface area contributed by atoms with Crippen LogP contribution in [0.4, 0.5) is 23.1 Å². The third-order valence-electron chi connectivity index (χ3n) is 6.79. The van der Waals surface area contributed by atoms with Gasteiger partial charge in [-0.1, -0.05) is 32.0 Å². The van der Waals surface area contributed by atoms with Crippen molar-refractivity contribution in [1.82, 2.24) is 19.9 Å². The van der Waals surface area contributed by atoms with E-state index in [0.29, 0.717) is 12.2 Å². The molecule has 0 radical (unpaired) electrons. The van der Waals surface area contributed by atoms with Crippen LogP contribution in [0.2, 0.25) is 0 Å². The van der Waals surface area contributed by atoms with Gasteiger partial charge in [0.05, 0.1) is 11.0 Å². The smallest absolute Gasteiger partial charge is 0.225 e. The number of anilines is 4. The number of fused-ring (bicyclic) bond motifs is 3. The Kier molecular flexibility index (Phi) is 4.86. The summed E-state index contributed by atoms with van der Waals surface area (Å²) >= 11 is 0. The number of aromatic nitrogens is 4. The van der Waals surface area contributed by atoms with E-state index >= 15 is 0 Å². The highest BCUT2D eigenvalue weighted by Gasteiger charge is 2.31. The van der Waals surface area contributed by atoms with Gasteiger partial charge in [0.2, 0.25) is 11.9 Å². The maximum Gasteiger partial charge on any atom is 0.225 e. The summed E-state index contributed by atoms with van der Waals surface area (Å²) in [5, 5.41) is 8.25. The Morgan fingerprint density at radius 1 is 1.03 bits per heavy atom. The van der Waals surface area contributed by atoms with Crippen molar-refractivity contribution in [3.8, 4) is 11.1 Å². The number of rotatable bonds is 3. The van der Waals surface area contributed by atoms with Crippen LogP contribution in [0.15, 0.2) is 61.1 Å². The predicted octanol–water partition coefficient (Wildman–Crippen LogP) is 5.49. The van der Waals surface area contributed by atoms with Crippen LogP contribution in [0.5, 0.6) is 0 Å². The molecule has 0 atom stereocenters. The summed E-state index contributed by atoms with van der Waals surface area (Å²) in [7, 11) is 0. The van der Waals surface area contributed by atoms with E-state index in [1.165, 1.54) is 0 Å². The molecule has 178 valence electrons. The van der Waals surface area contributed by atoms with Crippen molar-refractivity contribution in [2.75, 3.05) is 16.4 Å². The summed E-state index contributed by atoms with van der Waals surface area (Å²) in [4.78, 5) is 29.9. The fourth-order valence-corrected chi connectivity index (χ4v) is 5.04. The van der Waals surface area contributed by atoms with E-state index in [2.05, 4.69) is 69.5 Å². The molecule has 0 bridgehead atoms. The summed E-state index contributed by atoms with van der Waals surface area (Å²) < 4.78 is 0. The van der Waals surface area contributed by atoms with E-state index in [1.54, 1.807) is 12.5 Å². The molecule has 0 saturated carbocycles. The maximum absolute atomic E-state index is 12.2. The van der Waals surface area contributed by atoms with E-state index in [-0.39, 0.29) is 17.3 Å². The second-order valence-electron chi connectivity index (χ2n) is 9.87. The van der Waals surface area contributed by atoms with Crippen LogP contribution in [0.1, 0.15) is 31.4 Å². The molecule has 8 nitrogen and oxygen atoms in total. The molecule has 4 N–H and O–H groups in total. The molecule has 1 aliphatic heterocycles. The first-order valence-electron chi connectivity index (χ1n) is 11.8. The van der Waals surface area contributed by atoms with Crippen LogP contribution >= 0.6 is 0 Å². The number of nitrogens with one attached hydrogen (secondary N) is 2. The third-order valence-corrected chi connectivity index (χ3v) is 6.79. The van der Waals surface area contributed by atoms with E-state index < -0.39 is 0 Å². The monoisotopic (exact) mass is 475 g/mol. The van der Waals surface area contributed by atoms with Gasteiger partial charge in [-0.2, -0.15) is 0 Å². The molecule has 5 aromatic rings. The van der Waals surface area contributed by atoms with Crippen molar-refractivity contribution < 1.29 is 4.79 Å². The van der Waals surface area contributed by atoms with E-state index in [9.17, 15) is 4.79 Å². The molecule has 0 spiro atoms. The minimum atomic E-state index is -0.207. The van der Waals surface area contributed by atoms with Gasteiger partial charge in [-0.3, -0.25) is 4.79 Å². The number of carbonyl (C=O) groups is 1. The summed E-state index contributed by atoms with van der Waals surface area (Å²) in [6.45, 7) is 6.25. The quantitative estimate of drug-likeness (QED) is 0.315. The molecule has 1 aliphatic rings. The first-order valence-corrected chi connectivity index (χ1v) is 11.8. The van der Waals surface area contributed by atoms with Gasteiger partial charge in [0.15, 0.2) is 0 Å². The van der Waals surface area contributed by atoms with Gasteiger partial charge in [0.1, 0.15) is 12.1 Å². The van der Waals surface area contributed by atoms with Crippen molar-refractivity contribution >= 4 is 50.9 Å². The highest BCUT2D eigenvalue weighted by molar-refractivity contribution is 6.02. The zero-order valence-corrected chi connectivity index (χ0v) is 20.3. The molecule has 0 saturated heterocycles. The van der Waals surface area contributed by atoms with Crippen molar-refractivity contribution in [3.63, 3.8) is 0 Å².